The van der Waals surface area contributed by atoms with Crippen LogP contribution in [-0.4, -0.2) is 47.2 Å². The summed E-state index contributed by atoms with van der Waals surface area (Å²) < 4.78 is 24.1. The number of aromatic nitrogens is 1. The monoisotopic (exact) mass is 487 g/mol. The van der Waals surface area contributed by atoms with Gasteiger partial charge in [0.2, 0.25) is 11.7 Å². The van der Waals surface area contributed by atoms with Gasteiger partial charge in [0.1, 0.15) is 11.6 Å². The first-order valence-electron chi connectivity index (χ1n) is 10.3. The summed E-state index contributed by atoms with van der Waals surface area (Å²) in [6, 6.07) is 12.4. The predicted molar refractivity (Wildman–Crippen MR) is 124 cm³/mol. The quantitative estimate of drug-likeness (QED) is 0.357. The van der Waals surface area contributed by atoms with Crippen molar-refractivity contribution in [1.82, 2.24) is 15.6 Å². The highest BCUT2D eigenvalue weighted by Crippen LogP contribution is 2.20. The van der Waals surface area contributed by atoms with Crippen molar-refractivity contribution in [2.24, 2.45) is 0 Å². The SMILES string of the molecule is C=CC(C[C@H](O)CNC(=O)COc1ccc(Cl)c(F)c1)NC(=O)c1cnc(-c2ccccc2)o1. The molecule has 8 nitrogen and oxygen atoms in total. The minimum atomic E-state index is -0.977. The first-order valence-corrected chi connectivity index (χ1v) is 10.7. The molecule has 178 valence electrons. The van der Waals surface area contributed by atoms with Crippen molar-refractivity contribution in [3.63, 3.8) is 0 Å². The molecule has 10 heteroatoms. The molecule has 0 bridgehead atoms. The molecule has 0 fully saturated rings. The number of ether oxygens (including phenoxy) is 1. The highest BCUT2D eigenvalue weighted by atomic mass is 35.5. The molecular formula is C24H23ClFN3O5. The third kappa shape index (κ3) is 7.16. The standard InChI is InChI=1S/C24H23ClFN3O5/c1-2-16(29-23(32)21-13-28-24(34-21)15-6-4-3-5-7-15)10-17(30)12-27-22(31)14-33-18-8-9-19(25)20(26)11-18/h2-9,11,13,16-17,30H,1,10,12,14H2,(H,27,31)(H,29,32)/t16?,17-/m0/s1. The van der Waals surface area contributed by atoms with Gasteiger partial charge in [-0.3, -0.25) is 9.59 Å². The lowest BCUT2D eigenvalue weighted by atomic mass is 10.1. The largest absolute Gasteiger partial charge is 0.484 e. The van der Waals surface area contributed by atoms with Crippen LogP contribution in [0.25, 0.3) is 11.5 Å². The van der Waals surface area contributed by atoms with Gasteiger partial charge in [0.25, 0.3) is 11.8 Å². The van der Waals surface area contributed by atoms with Crippen LogP contribution in [0.2, 0.25) is 5.02 Å². The van der Waals surface area contributed by atoms with Gasteiger partial charge in [-0.1, -0.05) is 35.9 Å². The van der Waals surface area contributed by atoms with E-state index in [0.29, 0.717) is 5.89 Å². The van der Waals surface area contributed by atoms with E-state index in [2.05, 4.69) is 22.2 Å². The molecule has 0 saturated carbocycles. The zero-order chi connectivity index (χ0) is 24.5. The van der Waals surface area contributed by atoms with E-state index < -0.39 is 29.8 Å². The van der Waals surface area contributed by atoms with Crippen LogP contribution in [0.5, 0.6) is 5.75 Å². The lowest BCUT2D eigenvalue weighted by Gasteiger charge is -2.18. The van der Waals surface area contributed by atoms with E-state index in [1.807, 2.05) is 30.3 Å². The number of carbonyl (C=O) groups excluding carboxylic acids is 2. The van der Waals surface area contributed by atoms with E-state index >= 15 is 0 Å². The Labute approximate surface area is 200 Å². The Balaban J connectivity index is 1.43. The molecule has 0 aliphatic heterocycles. The van der Waals surface area contributed by atoms with Gasteiger partial charge in [-0.15, -0.1) is 6.58 Å². The zero-order valence-electron chi connectivity index (χ0n) is 18.0. The van der Waals surface area contributed by atoms with Crippen molar-refractivity contribution >= 4 is 23.4 Å². The van der Waals surface area contributed by atoms with Crippen molar-refractivity contribution in [2.75, 3.05) is 13.2 Å². The fourth-order valence-corrected chi connectivity index (χ4v) is 3.04. The van der Waals surface area contributed by atoms with Gasteiger partial charge in [-0.25, -0.2) is 9.37 Å². The number of aliphatic hydroxyl groups excluding tert-OH is 1. The second kappa shape index (κ2) is 12.0. The Morgan fingerprint density at radius 1 is 1.26 bits per heavy atom. The molecule has 1 heterocycles. The maximum absolute atomic E-state index is 13.4. The molecule has 2 atom stereocenters. The van der Waals surface area contributed by atoms with Crippen molar-refractivity contribution < 1.29 is 28.2 Å². The van der Waals surface area contributed by atoms with Crippen LogP contribution < -0.4 is 15.4 Å². The van der Waals surface area contributed by atoms with Gasteiger partial charge in [-0.2, -0.15) is 0 Å². The number of aliphatic hydroxyl groups is 1. The normalized spacial score (nSPS) is 12.4. The number of oxazole rings is 1. The average Bonchev–Trinajstić information content (AvgIpc) is 3.34. The first kappa shape index (κ1) is 24.9. The summed E-state index contributed by atoms with van der Waals surface area (Å²) in [5.41, 5.74) is 0.734. The van der Waals surface area contributed by atoms with Gasteiger partial charge in [-0.05, 0) is 30.7 Å². The fraction of sp³-hybridized carbons (Fsp3) is 0.208. The van der Waals surface area contributed by atoms with Crippen LogP contribution in [0.15, 0.2) is 71.8 Å². The summed E-state index contributed by atoms with van der Waals surface area (Å²) in [5, 5.41) is 15.4. The molecule has 3 rings (SSSR count). The molecule has 1 aromatic heterocycles. The van der Waals surface area contributed by atoms with Gasteiger partial charge < -0.3 is 24.9 Å². The Kier molecular flexibility index (Phi) is 8.78. The second-order valence-corrected chi connectivity index (χ2v) is 7.68. The molecule has 0 aliphatic carbocycles. The topological polar surface area (TPSA) is 114 Å². The average molecular weight is 488 g/mol. The Morgan fingerprint density at radius 3 is 2.74 bits per heavy atom. The van der Waals surface area contributed by atoms with Crippen LogP contribution >= 0.6 is 11.6 Å². The molecule has 2 amide bonds. The van der Waals surface area contributed by atoms with Gasteiger partial charge in [0.15, 0.2) is 6.61 Å². The highest BCUT2D eigenvalue weighted by molar-refractivity contribution is 6.30. The number of rotatable bonds is 11. The summed E-state index contributed by atoms with van der Waals surface area (Å²) in [7, 11) is 0. The molecule has 1 unspecified atom stereocenters. The van der Waals surface area contributed by atoms with Crippen LogP contribution in [0.3, 0.4) is 0 Å². The van der Waals surface area contributed by atoms with E-state index in [0.717, 1.165) is 11.6 Å². The number of carbonyl (C=O) groups is 2. The third-order valence-electron chi connectivity index (χ3n) is 4.67. The summed E-state index contributed by atoms with van der Waals surface area (Å²) in [6.45, 7) is 3.21. The molecule has 3 N–H and O–H groups in total. The summed E-state index contributed by atoms with van der Waals surface area (Å²) >= 11 is 5.59. The van der Waals surface area contributed by atoms with E-state index in [1.54, 1.807) is 0 Å². The molecule has 34 heavy (non-hydrogen) atoms. The summed E-state index contributed by atoms with van der Waals surface area (Å²) in [4.78, 5) is 28.5. The van der Waals surface area contributed by atoms with E-state index in [-0.39, 0.29) is 36.1 Å². The molecule has 0 saturated heterocycles. The molecule has 0 radical (unpaired) electrons. The lowest BCUT2D eigenvalue weighted by Crippen LogP contribution is -2.40. The van der Waals surface area contributed by atoms with Crippen LogP contribution in [0, 0.1) is 5.82 Å². The maximum atomic E-state index is 13.4. The summed E-state index contributed by atoms with van der Waals surface area (Å²) in [5.74, 6) is -1.20. The summed E-state index contributed by atoms with van der Waals surface area (Å²) in [6.07, 6.45) is 1.91. The highest BCUT2D eigenvalue weighted by Gasteiger charge is 2.19. The minimum absolute atomic E-state index is 0.0179. The number of hydrogen-bond acceptors (Lipinski definition) is 6. The van der Waals surface area contributed by atoms with Gasteiger partial charge >= 0.3 is 0 Å². The lowest BCUT2D eigenvalue weighted by molar-refractivity contribution is -0.123. The van der Waals surface area contributed by atoms with Gasteiger partial charge in [0, 0.05) is 24.2 Å². The number of benzene rings is 2. The van der Waals surface area contributed by atoms with E-state index in [1.165, 1.54) is 24.4 Å². The molecule has 2 aromatic carbocycles. The number of amides is 2. The Bertz CT molecular complexity index is 1140. The van der Waals surface area contributed by atoms with Crippen molar-refractivity contribution in [3.8, 4) is 17.2 Å². The maximum Gasteiger partial charge on any atom is 0.289 e. The van der Waals surface area contributed by atoms with E-state index in [4.69, 9.17) is 20.8 Å². The molecule has 0 aliphatic rings. The minimum Gasteiger partial charge on any atom is -0.484 e. The predicted octanol–water partition coefficient (Wildman–Crippen LogP) is 3.36. The van der Waals surface area contributed by atoms with Crippen LogP contribution in [0.1, 0.15) is 17.0 Å². The van der Waals surface area contributed by atoms with E-state index in [9.17, 15) is 19.1 Å². The van der Waals surface area contributed by atoms with Crippen LogP contribution in [0.4, 0.5) is 4.39 Å². The molecule has 0 spiro atoms. The first-order chi connectivity index (χ1) is 16.4. The van der Waals surface area contributed by atoms with Crippen molar-refractivity contribution in [1.29, 1.82) is 0 Å². The molecule has 3 aromatic rings. The molecular weight excluding hydrogens is 465 g/mol. The van der Waals surface area contributed by atoms with Gasteiger partial charge in [0.05, 0.1) is 17.3 Å². The second-order valence-electron chi connectivity index (χ2n) is 7.27. The smallest absolute Gasteiger partial charge is 0.289 e. The fourth-order valence-electron chi connectivity index (χ4n) is 2.92. The number of nitrogens with one attached hydrogen (secondary N) is 2. The number of nitrogens with zero attached hydrogens (tertiary/aromatic N) is 1. The van der Waals surface area contributed by atoms with Crippen molar-refractivity contribution in [3.05, 3.63) is 84.0 Å². The number of hydrogen-bond donors (Lipinski definition) is 3. The van der Waals surface area contributed by atoms with Crippen LogP contribution in [-0.2, 0) is 4.79 Å². The van der Waals surface area contributed by atoms with Crippen molar-refractivity contribution in [2.45, 2.75) is 18.6 Å². The number of halogens is 2. The Morgan fingerprint density at radius 2 is 2.03 bits per heavy atom. The third-order valence-corrected chi connectivity index (χ3v) is 4.98. The zero-order valence-corrected chi connectivity index (χ0v) is 18.8. The Hall–Kier alpha value is -3.69.